The van der Waals surface area contributed by atoms with Crippen molar-refractivity contribution in [1.82, 2.24) is 10.3 Å². The van der Waals surface area contributed by atoms with Gasteiger partial charge in [-0.2, -0.15) is 0 Å². The normalized spacial score (nSPS) is 23.3. The lowest BCUT2D eigenvalue weighted by molar-refractivity contribution is 0.262. The van der Waals surface area contributed by atoms with Crippen molar-refractivity contribution < 1.29 is 0 Å². The van der Waals surface area contributed by atoms with Crippen LogP contribution >= 0.6 is 27.3 Å². The van der Waals surface area contributed by atoms with Gasteiger partial charge in [-0.3, -0.25) is 0 Å². The third-order valence-electron chi connectivity index (χ3n) is 4.05. The molecule has 4 heteroatoms. The Morgan fingerprint density at radius 1 is 1.45 bits per heavy atom. The maximum absolute atomic E-state index is 4.44. The molecule has 0 aliphatic heterocycles. The summed E-state index contributed by atoms with van der Waals surface area (Å²) in [7, 11) is 0. The van der Waals surface area contributed by atoms with Gasteiger partial charge in [0.1, 0.15) is 5.01 Å². The lowest BCUT2D eigenvalue weighted by Gasteiger charge is -2.38. The lowest BCUT2D eigenvalue weighted by Crippen LogP contribution is -2.41. The molecular formula is C16H19BrN2S. The molecule has 0 amide bonds. The molecule has 3 rings (SSSR count). The van der Waals surface area contributed by atoms with Crippen molar-refractivity contribution in [2.45, 2.75) is 44.2 Å². The zero-order valence-corrected chi connectivity index (χ0v) is 14.0. The van der Waals surface area contributed by atoms with Gasteiger partial charge in [-0.15, -0.1) is 11.3 Å². The fourth-order valence-electron chi connectivity index (χ4n) is 2.84. The Balaban J connectivity index is 1.55. The molecule has 1 N–H and O–H groups in total. The van der Waals surface area contributed by atoms with E-state index in [9.17, 15) is 0 Å². The molecule has 0 spiro atoms. The van der Waals surface area contributed by atoms with E-state index in [1.807, 2.05) is 6.20 Å². The number of thiazole rings is 1. The van der Waals surface area contributed by atoms with Crippen LogP contribution in [0.4, 0.5) is 0 Å². The van der Waals surface area contributed by atoms with E-state index in [0.717, 1.165) is 6.42 Å². The van der Waals surface area contributed by atoms with E-state index in [2.05, 4.69) is 62.8 Å². The summed E-state index contributed by atoms with van der Waals surface area (Å²) in [5.41, 5.74) is 1.46. The van der Waals surface area contributed by atoms with E-state index in [4.69, 9.17) is 0 Å². The van der Waals surface area contributed by atoms with Crippen LogP contribution in [0.15, 0.2) is 40.3 Å². The Hall–Kier alpha value is -0.710. The van der Waals surface area contributed by atoms with Gasteiger partial charge in [-0.05, 0) is 42.9 Å². The molecule has 0 bridgehead atoms. The third kappa shape index (κ3) is 3.13. The molecule has 2 nitrogen and oxygen atoms in total. The van der Waals surface area contributed by atoms with Crippen molar-refractivity contribution >= 4 is 27.3 Å². The molecule has 1 fully saturated rings. The Morgan fingerprint density at radius 3 is 2.95 bits per heavy atom. The SMILES string of the molecule is CCC(NC1CC(c2cccc(Br)c2)C1)c1nccs1. The molecule has 1 saturated carbocycles. The van der Waals surface area contributed by atoms with Crippen molar-refractivity contribution in [3.8, 4) is 0 Å². The number of hydrogen-bond acceptors (Lipinski definition) is 3. The van der Waals surface area contributed by atoms with Crippen molar-refractivity contribution in [3.63, 3.8) is 0 Å². The molecule has 1 atom stereocenters. The van der Waals surface area contributed by atoms with Crippen LogP contribution < -0.4 is 5.32 Å². The minimum atomic E-state index is 0.420. The fourth-order valence-corrected chi connectivity index (χ4v) is 4.04. The Kier molecular flexibility index (Phi) is 4.54. The number of aromatic nitrogens is 1. The van der Waals surface area contributed by atoms with E-state index in [0.29, 0.717) is 18.0 Å². The largest absolute Gasteiger partial charge is 0.305 e. The van der Waals surface area contributed by atoms with Crippen LogP contribution in [0.3, 0.4) is 0 Å². The Labute approximate surface area is 132 Å². The highest BCUT2D eigenvalue weighted by Gasteiger charge is 2.32. The molecule has 1 aromatic carbocycles. The van der Waals surface area contributed by atoms with Gasteiger partial charge in [-0.25, -0.2) is 4.98 Å². The average Bonchev–Trinajstić information content (AvgIpc) is 2.91. The monoisotopic (exact) mass is 350 g/mol. The number of nitrogens with zero attached hydrogens (tertiary/aromatic N) is 1. The first-order chi connectivity index (χ1) is 9.76. The van der Waals surface area contributed by atoms with Crippen molar-refractivity contribution in [2.75, 3.05) is 0 Å². The summed E-state index contributed by atoms with van der Waals surface area (Å²) in [6.45, 7) is 2.23. The van der Waals surface area contributed by atoms with E-state index in [1.165, 1.54) is 27.9 Å². The van der Waals surface area contributed by atoms with Gasteiger partial charge in [0, 0.05) is 22.1 Å². The zero-order valence-electron chi connectivity index (χ0n) is 11.6. The molecule has 106 valence electrons. The summed E-state index contributed by atoms with van der Waals surface area (Å²) in [5, 5.41) is 7.04. The van der Waals surface area contributed by atoms with Gasteiger partial charge >= 0.3 is 0 Å². The van der Waals surface area contributed by atoms with Crippen LogP contribution in [0.25, 0.3) is 0 Å². The van der Waals surface area contributed by atoms with E-state index in [1.54, 1.807) is 11.3 Å². The summed E-state index contributed by atoms with van der Waals surface area (Å²) in [6, 6.07) is 9.76. The van der Waals surface area contributed by atoms with Gasteiger partial charge < -0.3 is 5.32 Å². The first-order valence-corrected chi connectivity index (χ1v) is 8.84. The maximum Gasteiger partial charge on any atom is 0.109 e. The van der Waals surface area contributed by atoms with E-state index >= 15 is 0 Å². The van der Waals surface area contributed by atoms with E-state index in [-0.39, 0.29) is 0 Å². The van der Waals surface area contributed by atoms with Crippen LogP contribution in [0, 0.1) is 0 Å². The highest BCUT2D eigenvalue weighted by atomic mass is 79.9. The van der Waals surface area contributed by atoms with Crippen molar-refractivity contribution in [1.29, 1.82) is 0 Å². The van der Waals surface area contributed by atoms with Gasteiger partial charge in [-0.1, -0.05) is 35.0 Å². The second kappa shape index (κ2) is 6.37. The van der Waals surface area contributed by atoms with Gasteiger partial charge in [0.2, 0.25) is 0 Å². The Bertz CT molecular complexity index is 549. The molecule has 0 saturated heterocycles. The van der Waals surface area contributed by atoms with Crippen molar-refractivity contribution in [2.24, 2.45) is 0 Å². The zero-order chi connectivity index (χ0) is 13.9. The highest BCUT2D eigenvalue weighted by Crippen LogP contribution is 2.39. The fraction of sp³-hybridized carbons (Fsp3) is 0.438. The highest BCUT2D eigenvalue weighted by molar-refractivity contribution is 9.10. The summed E-state index contributed by atoms with van der Waals surface area (Å²) < 4.78 is 1.18. The van der Waals surface area contributed by atoms with E-state index < -0.39 is 0 Å². The molecule has 0 radical (unpaired) electrons. The summed E-state index contributed by atoms with van der Waals surface area (Å²) >= 11 is 5.31. The third-order valence-corrected chi connectivity index (χ3v) is 5.44. The second-order valence-electron chi connectivity index (χ2n) is 5.42. The number of halogens is 1. The van der Waals surface area contributed by atoms with Crippen LogP contribution in [0.2, 0.25) is 0 Å². The molecule has 1 aromatic heterocycles. The quantitative estimate of drug-likeness (QED) is 0.829. The second-order valence-corrected chi connectivity index (χ2v) is 7.26. The van der Waals surface area contributed by atoms with Crippen molar-refractivity contribution in [3.05, 3.63) is 50.9 Å². The average molecular weight is 351 g/mol. The first kappa shape index (κ1) is 14.2. The minimum Gasteiger partial charge on any atom is -0.305 e. The molecule has 20 heavy (non-hydrogen) atoms. The van der Waals surface area contributed by atoms with Gasteiger partial charge in [0.05, 0.1) is 6.04 Å². The molecule has 1 aliphatic rings. The standard InChI is InChI=1S/C16H19BrN2S/c1-2-15(16-18-6-7-20-16)19-14-9-12(10-14)11-4-3-5-13(17)8-11/h3-8,12,14-15,19H,2,9-10H2,1H3. The number of rotatable bonds is 5. The van der Waals surface area contributed by atoms with Crippen LogP contribution in [0.1, 0.15) is 48.7 Å². The summed E-state index contributed by atoms with van der Waals surface area (Å²) in [4.78, 5) is 4.44. The first-order valence-electron chi connectivity index (χ1n) is 7.17. The van der Waals surface area contributed by atoms with Gasteiger partial charge in [0.15, 0.2) is 0 Å². The molecule has 2 aromatic rings. The maximum atomic E-state index is 4.44. The van der Waals surface area contributed by atoms with Crippen LogP contribution in [0.5, 0.6) is 0 Å². The molecule has 1 aliphatic carbocycles. The predicted octanol–water partition coefficient (Wildman–Crippen LogP) is 4.89. The lowest BCUT2D eigenvalue weighted by atomic mass is 9.75. The minimum absolute atomic E-state index is 0.420. The Morgan fingerprint density at radius 2 is 2.30 bits per heavy atom. The number of hydrogen-bond donors (Lipinski definition) is 1. The smallest absolute Gasteiger partial charge is 0.109 e. The molecule has 1 heterocycles. The molecule has 1 unspecified atom stereocenters. The number of benzene rings is 1. The predicted molar refractivity (Wildman–Crippen MR) is 88.2 cm³/mol. The van der Waals surface area contributed by atoms with Crippen LogP contribution in [-0.2, 0) is 0 Å². The summed E-state index contributed by atoms with van der Waals surface area (Å²) in [6.07, 6.45) is 5.47. The topological polar surface area (TPSA) is 24.9 Å². The van der Waals surface area contributed by atoms with Gasteiger partial charge in [0.25, 0.3) is 0 Å². The number of nitrogens with one attached hydrogen (secondary N) is 1. The summed E-state index contributed by atoms with van der Waals surface area (Å²) in [5.74, 6) is 0.707. The van der Waals surface area contributed by atoms with Crippen LogP contribution in [-0.4, -0.2) is 11.0 Å². The molecular weight excluding hydrogens is 332 g/mol.